The van der Waals surface area contributed by atoms with E-state index in [9.17, 15) is 32.2 Å². The molecule has 0 unspecified atom stereocenters. The zero-order valence-electron chi connectivity index (χ0n) is 22.4. The molecule has 4 N–H and O–H groups in total. The van der Waals surface area contributed by atoms with E-state index in [0.717, 1.165) is 47.6 Å². The van der Waals surface area contributed by atoms with Crippen LogP contribution in [0.4, 0.5) is 8.78 Å². The standard InChI is InChI=1S/C30H24F2N4O5S2/c31-22-14-19(7-8-26(22)37)18-2-1-3-20(13-18)28-21(10-17-6-9-27(23(32)11-17)43(33,40)41)25(12-16-4-5-16)36(35-28)30-34-24(15-42-30)29(38)39/h1-3,6-9,11,13-16,37H,4-5,10,12H2,(H,38,39)(H2,33,40,41). The molecule has 1 saturated carbocycles. The molecule has 43 heavy (non-hydrogen) atoms. The second-order valence-corrected chi connectivity index (χ2v) is 12.8. The van der Waals surface area contributed by atoms with Crippen molar-refractivity contribution in [2.45, 2.75) is 30.6 Å². The van der Waals surface area contributed by atoms with Crippen LogP contribution < -0.4 is 5.14 Å². The number of hydrogen-bond donors (Lipinski definition) is 3. The fourth-order valence-corrected chi connectivity index (χ4v) is 6.31. The van der Waals surface area contributed by atoms with E-state index in [2.05, 4.69) is 4.98 Å². The van der Waals surface area contributed by atoms with Crippen LogP contribution >= 0.6 is 11.3 Å². The lowest BCUT2D eigenvalue weighted by Crippen LogP contribution is -2.14. The Hall–Kier alpha value is -4.46. The largest absolute Gasteiger partial charge is 0.505 e. The third-order valence-electron chi connectivity index (χ3n) is 7.26. The number of hydrogen-bond acceptors (Lipinski definition) is 7. The number of carbonyl (C=O) groups is 1. The number of aromatic hydroxyl groups is 1. The highest BCUT2D eigenvalue weighted by Crippen LogP contribution is 2.39. The van der Waals surface area contributed by atoms with Gasteiger partial charge in [0.25, 0.3) is 0 Å². The van der Waals surface area contributed by atoms with E-state index in [1.54, 1.807) is 22.9 Å². The fourth-order valence-electron chi connectivity index (χ4n) is 4.95. The molecule has 0 spiro atoms. The van der Waals surface area contributed by atoms with Gasteiger partial charge in [-0.15, -0.1) is 11.3 Å². The van der Waals surface area contributed by atoms with Crippen LogP contribution in [0, 0.1) is 17.6 Å². The van der Waals surface area contributed by atoms with Gasteiger partial charge in [-0.1, -0.05) is 30.3 Å². The van der Waals surface area contributed by atoms with Crippen LogP contribution in [0.2, 0.25) is 0 Å². The molecule has 0 aliphatic heterocycles. The van der Waals surface area contributed by atoms with Gasteiger partial charge in [0.2, 0.25) is 15.2 Å². The number of aromatic nitrogens is 3. The molecule has 1 fully saturated rings. The second kappa shape index (κ2) is 11.0. The fraction of sp³-hybridized carbons (Fsp3) is 0.167. The highest BCUT2D eigenvalue weighted by Gasteiger charge is 2.29. The lowest BCUT2D eigenvalue weighted by atomic mass is 9.95. The van der Waals surface area contributed by atoms with Gasteiger partial charge in [0, 0.05) is 22.9 Å². The molecule has 1 aliphatic rings. The molecule has 0 atom stereocenters. The number of thiazole rings is 1. The molecule has 0 radical (unpaired) electrons. The molecule has 0 amide bonds. The minimum Gasteiger partial charge on any atom is -0.505 e. The molecular formula is C30H24F2N4O5S2. The third kappa shape index (κ3) is 5.91. The van der Waals surface area contributed by atoms with Gasteiger partial charge < -0.3 is 10.2 Å². The van der Waals surface area contributed by atoms with Gasteiger partial charge in [-0.05, 0) is 72.2 Å². The Bertz CT molecular complexity index is 2000. The molecule has 220 valence electrons. The van der Waals surface area contributed by atoms with Crippen LogP contribution in [-0.2, 0) is 22.9 Å². The summed E-state index contributed by atoms with van der Waals surface area (Å²) in [5.41, 5.74) is 4.25. The monoisotopic (exact) mass is 622 g/mol. The number of phenolic OH excluding ortho intramolecular Hbond substituents is 1. The number of nitrogens with zero attached hydrogens (tertiary/aromatic N) is 3. The van der Waals surface area contributed by atoms with Crippen molar-refractivity contribution in [1.82, 2.24) is 14.8 Å². The third-order valence-corrected chi connectivity index (χ3v) is 9.02. The van der Waals surface area contributed by atoms with Gasteiger partial charge in [-0.3, -0.25) is 0 Å². The number of rotatable bonds is 9. The van der Waals surface area contributed by atoms with Gasteiger partial charge >= 0.3 is 5.97 Å². The smallest absolute Gasteiger partial charge is 0.355 e. The van der Waals surface area contributed by atoms with Gasteiger partial charge in [-0.2, -0.15) is 5.10 Å². The summed E-state index contributed by atoms with van der Waals surface area (Å²) >= 11 is 1.13. The number of nitrogens with two attached hydrogens (primary N) is 1. The van der Waals surface area contributed by atoms with E-state index in [1.165, 1.54) is 23.6 Å². The Kier molecular flexibility index (Phi) is 7.32. The lowest BCUT2D eigenvalue weighted by Gasteiger charge is -2.10. The average Bonchev–Trinajstić information content (AvgIpc) is 3.51. The summed E-state index contributed by atoms with van der Waals surface area (Å²) in [5, 5.41) is 30.9. The first-order valence-corrected chi connectivity index (χ1v) is 15.6. The van der Waals surface area contributed by atoms with Crippen molar-refractivity contribution in [3.05, 3.63) is 100 Å². The van der Waals surface area contributed by atoms with Gasteiger partial charge in [0.15, 0.2) is 17.3 Å². The summed E-state index contributed by atoms with van der Waals surface area (Å²) in [5.74, 6) is -2.98. The maximum absolute atomic E-state index is 14.9. The van der Waals surface area contributed by atoms with Crippen LogP contribution in [0.25, 0.3) is 27.5 Å². The van der Waals surface area contributed by atoms with Gasteiger partial charge in [-0.25, -0.2) is 36.8 Å². The van der Waals surface area contributed by atoms with Crippen LogP contribution in [0.5, 0.6) is 5.75 Å². The quantitative estimate of drug-likeness (QED) is 0.196. The molecular weight excluding hydrogens is 598 g/mol. The number of aromatic carboxylic acids is 1. The number of carboxylic acids is 1. The highest BCUT2D eigenvalue weighted by atomic mass is 32.2. The van der Waals surface area contributed by atoms with Crippen LogP contribution in [-0.4, -0.2) is 39.4 Å². The van der Waals surface area contributed by atoms with Crippen molar-refractivity contribution in [2.75, 3.05) is 0 Å². The van der Waals surface area contributed by atoms with E-state index < -0.39 is 38.3 Å². The molecule has 3 aromatic carbocycles. The maximum atomic E-state index is 14.9. The number of sulfonamides is 1. The molecule has 1 aliphatic carbocycles. The molecule has 9 nitrogen and oxygen atoms in total. The number of phenols is 1. The topological polar surface area (TPSA) is 148 Å². The van der Waals surface area contributed by atoms with E-state index in [-0.39, 0.29) is 12.1 Å². The predicted molar refractivity (Wildman–Crippen MR) is 156 cm³/mol. The van der Waals surface area contributed by atoms with Crippen molar-refractivity contribution in [2.24, 2.45) is 11.1 Å². The van der Waals surface area contributed by atoms with Crippen molar-refractivity contribution in [3.63, 3.8) is 0 Å². The number of halogens is 2. The van der Waals surface area contributed by atoms with Crippen molar-refractivity contribution in [3.8, 4) is 33.3 Å². The summed E-state index contributed by atoms with van der Waals surface area (Å²) in [6.07, 6.45) is 2.81. The van der Waals surface area contributed by atoms with Gasteiger partial charge in [0.05, 0.1) is 11.4 Å². The zero-order valence-corrected chi connectivity index (χ0v) is 24.0. The molecule has 0 saturated heterocycles. The Balaban J connectivity index is 1.52. The normalized spacial score (nSPS) is 13.4. The Labute approximate surface area is 248 Å². The Morgan fingerprint density at radius 3 is 2.42 bits per heavy atom. The molecule has 13 heteroatoms. The Morgan fingerprint density at radius 1 is 1.02 bits per heavy atom. The summed E-state index contributed by atoms with van der Waals surface area (Å²) in [7, 11) is -4.25. The minimum absolute atomic E-state index is 0.118. The number of carboxylic acid groups (broad SMARTS) is 1. The summed E-state index contributed by atoms with van der Waals surface area (Å²) in [6, 6.07) is 15.1. The Morgan fingerprint density at radius 2 is 1.77 bits per heavy atom. The average molecular weight is 623 g/mol. The number of primary sulfonamides is 1. The first-order valence-electron chi connectivity index (χ1n) is 13.2. The second-order valence-electron chi connectivity index (χ2n) is 10.4. The van der Waals surface area contributed by atoms with Crippen molar-refractivity contribution >= 4 is 27.3 Å². The zero-order chi connectivity index (χ0) is 30.5. The van der Waals surface area contributed by atoms with E-state index >= 15 is 0 Å². The first-order chi connectivity index (χ1) is 20.5. The molecule has 5 aromatic rings. The molecule has 6 rings (SSSR count). The van der Waals surface area contributed by atoms with E-state index in [4.69, 9.17) is 10.2 Å². The number of benzene rings is 3. The maximum Gasteiger partial charge on any atom is 0.355 e. The first kappa shape index (κ1) is 28.6. The van der Waals surface area contributed by atoms with Crippen LogP contribution in [0.3, 0.4) is 0 Å². The summed E-state index contributed by atoms with van der Waals surface area (Å²) < 4.78 is 54.2. The SMILES string of the molecule is NS(=O)(=O)c1ccc(Cc2c(-c3cccc(-c4ccc(O)c(F)c4)c3)nn(-c3nc(C(=O)O)cs3)c2CC2CC2)cc1F. The van der Waals surface area contributed by atoms with Crippen LogP contribution in [0.1, 0.15) is 40.2 Å². The van der Waals surface area contributed by atoms with Crippen LogP contribution in [0.15, 0.2) is 70.9 Å². The van der Waals surface area contributed by atoms with Crippen molar-refractivity contribution in [1.29, 1.82) is 0 Å². The summed E-state index contributed by atoms with van der Waals surface area (Å²) in [6.45, 7) is 0. The predicted octanol–water partition coefficient (Wildman–Crippen LogP) is 5.54. The molecule has 2 heterocycles. The lowest BCUT2D eigenvalue weighted by molar-refractivity contribution is 0.0691. The molecule has 0 bridgehead atoms. The van der Waals surface area contributed by atoms with E-state index in [0.29, 0.717) is 45.4 Å². The summed E-state index contributed by atoms with van der Waals surface area (Å²) in [4.78, 5) is 15.2. The minimum atomic E-state index is -4.25. The molecule has 2 aromatic heterocycles. The van der Waals surface area contributed by atoms with Gasteiger partial charge in [0.1, 0.15) is 10.7 Å². The van der Waals surface area contributed by atoms with Crippen molar-refractivity contribution < 1.29 is 32.2 Å². The highest BCUT2D eigenvalue weighted by molar-refractivity contribution is 7.89. The van der Waals surface area contributed by atoms with E-state index in [1.807, 2.05) is 12.1 Å².